The molecule has 15 heavy (non-hydrogen) atoms. The van der Waals surface area contributed by atoms with Gasteiger partial charge in [0, 0.05) is 6.42 Å². The lowest BCUT2D eigenvalue weighted by atomic mass is 10.3. The van der Waals surface area contributed by atoms with Crippen LogP contribution in [-0.2, 0) is 0 Å². The van der Waals surface area contributed by atoms with Crippen LogP contribution in [0, 0.1) is 0 Å². The van der Waals surface area contributed by atoms with E-state index in [0.717, 1.165) is 10.9 Å². The van der Waals surface area contributed by atoms with Crippen molar-refractivity contribution in [1.29, 1.82) is 0 Å². The Morgan fingerprint density at radius 3 is 2.00 bits per heavy atom. The Hall–Kier alpha value is -0.845. The largest absolute Gasteiger partial charge is 0.673 e. The van der Waals surface area contributed by atoms with Gasteiger partial charge in [0.1, 0.15) is 6.20 Å². The number of hydrogen-bond acceptors (Lipinski definition) is 1. The summed E-state index contributed by atoms with van der Waals surface area (Å²) in [6, 6.07) is 0. The quantitative estimate of drug-likeness (QED) is 0.389. The van der Waals surface area contributed by atoms with E-state index in [1.807, 2.05) is 6.20 Å². The maximum Gasteiger partial charge on any atom is 0.673 e. The molecule has 0 aromatic heterocycles. The predicted octanol–water partition coefficient (Wildman–Crippen LogP) is 3.05. The molecule has 0 N–H and O–H groups in total. The van der Waals surface area contributed by atoms with Crippen molar-refractivity contribution < 1.29 is 21.7 Å². The first-order valence-corrected chi connectivity index (χ1v) is 4.62. The van der Waals surface area contributed by atoms with Crippen molar-refractivity contribution in [3.8, 4) is 0 Å². The molecule has 0 amide bonds. The van der Waals surface area contributed by atoms with E-state index < -0.39 is 7.25 Å². The van der Waals surface area contributed by atoms with E-state index in [0.29, 0.717) is 0 Å². The van der Waals surface area contributed by atoms with Crippen molar-refractivity contribution in [1.82, 2.24) is 0 Å². The molecular weight excluding hydrogens is 211 g/mol. The minimum absolute atomic E-state index is 0.841. The van der Waals surface area contributed by atoms with E-state index in [4.69, 9.17) is 0 Å². The third-order valence-electron chi connectivity index (χ3n) is 1.80. The number of quaternary nitrogens is 1. The first-order chi connectivity index (χ1) is 6.67. The van der Waals surface area contributed by atoms with Crippen molar-refractivity contribution in [2.75, 3.05) is 14.1 Å². The summed E-state index contributed by atoms with van der Waals surface area (Å²) in [5.74, 6) is 1.27. The van der Waals surface area contributed by atoms with Crippen molar-refractivity contribution in [3.05, 3.63) is 12.4 Å². The van der Waals surface area contributed by atoms with Gasteiger partial charge in [0.05, 0.1) is 20.3 Å². The molecule has 0 saturated carbocycles. The van der Waals surface area contributed by atoms with Gasteiger partial charge in [-0.05, 0) is 6.42 Å². The Labute approximate surface area is 87.0 Å². The standard InChI is InChI=1S/C8H15N2.BF4/c1-4-5-8-9-6-7-10(8,2)3;2-1(3,4)5/h6-7H,4-5H2,1-3H3;/q+1;-1. The molecule has 1 heterocycles. The molecule has 0 aliphatic carbocycles. The van der Waals surface area contributed by atoms with Gasteiger partial charge in [-0.25, -0.2) is 4.99 Å². The van der Waals surface area contributed by atoms with Crippen molar-refractivity contribution in [2.24, 2.45) is 4.99 Å². The normalized spacial score (nSPS) is 18.2. The molecule has 0 saturated heterocycles. The Bertz CT molecular complexity index is 252. The molecule has 88 valence electrons. The molecule has 0 fully saturated rings. The lowest BCUT2D eigenvalue weighted by molar-refractivity contribution is -0.741. The average molecular weight is 226 g/mol. The van der Waals surface area contributed by atoms with Crippen molar-refractivity contribution in [2.45, 2.75) is 19.8 Å². The van der Waals surface area contributed by atoms with Gasteiger partial charge in [0.2, 0.25) is 5.84 Å². The van der Waals surface area contributed by atoms with Crippen LogP contribution in [0.3, 0.4) is 0 Å². The van der Waals surface area contributed by atoms with Crippen molar-refractivity contribution >= 4 is 13.1 Å². The fraction of sp³-hybridized carbons (Fsp3) is 0.625. The summed E-state index contributed by atoms with van der Waals surface area (Å²) >= 11 is 0. The van der Waals surface area contributed by atoms with Crippen LogP contribution in [0.1, 0.15) is 19.8 Å². The monoisotopic (exact) mass is 226 g/mol. The summed E-state index contributed by atoms with van der Waals surface area (Å²) in [6.45, 7) is 2.18. The van der Waals surface area contributed by atoms with Gasteiger partial charge in [-0.1, -0.05) is 6.92 Å². The van der Waals surface area contributed by atoms with E-state index in [1.54, 1.807) is 0 Å². The van der Waals surface area contributed by atoms with Crippen molar-refractivity contribution in [3.63, 3.8) is 0 Å². The Kier molecular flexibility index (Phi) is 5.00. The summed E-state index contributed by atoms with van der Waals surface area (Å²) in [7, 11) is -1.70. The maximum atomic E-state index is 9.75. The highest BCUT2D eigenvalue weighted by atomic mass is 19.5. The van der Waals surface area contributed by atoms with E-state index in [-0.39, 0.29) is 0 Å². The van der Waals surface area contributed by atoms with Crippen LogP contribution in [0.5, 0.6) is 0 Å². The van der Waals surface area contributed by atoms with E-state index >= 15 is 0 Å². The molecule has 0 aromatic carbocycles. The van der Waals surface area contributed by atoms with Gasteiger partial charge in [-0.3, -0.25) is 4.48 Å². The fourth-order valence-corrected chi connectivity index (χ4v) is 1.10. The number of amidine groups is 1. The zero-order chi connectivity index (χ0) is 12.1. The van der Waals surface area contributed by atoms with Gasteiger partial charge in [0.25, 0.3) is 0 Å². The summed E-state index contributed by atoms with van der Waals surface area (Å²) < 4.78 is 39.8. The van der Waals surface area contributed by atoms with E-state index in [1.165, 1.54) is 12.3 Å². The van der Waals surface area contributed by atoms with Crippen LogP contribution < -0.4 is 0 Å². The summed E-state index contributed by atoms with van der Waals surface area (Å²) in [5, 5.41) is 0. The minimum Gasteiger partial charge on any atom is -0.418 e. The van der Waals surface area contributed by atoms with Crippen LogP contribution in [-0.4, -0.2) is 31.7 Å². The zero-order valence-electron chi connectivity index (χ0n) is 9.05. The molecule has 0 unspecified atom stereocenters. The molecule has 0 spiro atoms. The second-order valence-corrected chi connectivity index (χ2v) is 3.63. The summed E-state index contributed by atoms with van der Waals surface area (Å²) in [6.07, 6.45) is 6.29. The second kappa shape index (κ2) is 5.30. The fourth-order valence-electron chi connectivity index (χ4n) is 1.10. The molecule has 1 aliphatic heterocycles. The summed E-state index contributed by atoms with van der Waals surface area (Å²) in [5.41, 5.74) is 0. The predicted molar refractivity (Wildman–Crippen MR) is 53.8 cm³/mol. The molecule has 1 rings (SSSR count). The lowest BCUT2D eigenvalue weighted by Gasteiger charge is -2.20. The Morgan fingerprint density at radius 1 is 1.27 bits per heavy atom. The zero-order valence-corrected chi connectivity index (χ0v) is 9.05. The second-order valence-electron chi connectivity index (χ2n) is 3.63. The first-order valence-electron chi connectivity index (χ1n) is 4.62. The molecule has 0 radical (unpaired) electrons. The molecule has 7 heteroatoms. The van der Waals surface area contributed by atoms with Gasteiger partial charge in [-0.2, -0.15) is 0 Å². The average Bonchev–Trinajstić information content (AvgIpc) is 2.28. The molecule has 1 aliphatic rings. The minimum atomic E-state index is -6.00. The Morgan fingerprint density at radius 2 is 1.73 bits per heavy atom. The smallest absolute Gasteiger partial charge is 0.418 e. The van der Waals surface area contributed by atoms with Gasteiger partial charge in [-0.15, -0.1) is 0 Å². The number of nitrogens with zero attached hydrogens (tertiary/aromatic N) is 2. The van der Waals surface area contributed by atoms with Crippen LogP contribution in [0.4, 0.5) is 17.3 Å². The molecule has 2 nitrogen and oxygen atoms in total. The molecule has 0 atom stereocenters. The lowest BCUT2D eigenvalue weighted by Crippen LogP contribution is -2.37. The third kappa shape index (κ3) is 7.13. The Balaban J connectivity index is 0.000000336. The SMILES string of the molecule is CCCC1=NC=C[N+]1(C)C.F[B-](F)(F)F. The molecule has 0 aromatic rings. The van der Waals surface area contributed by atoms with Crippen LogP contribution in [0.2, 0.25) is 0 Å². The van der Waals surface area contributed by atoms with E-state index in [9.17, 15) is 17.3 Å². The third-order valence-corrected chi connectivity index (χ3v) is 1.80. The number of rotatable bonds is 2. The van der Waals surface area contributed by atoms with Gasteiger partial charge in [0.15, 0.2) is 0 Å². The topological polar surface area (TPSA) is 12.4 Å². The van der Waals surface area contributed by atoms with Crippen LogP contribution >= 0.6 is 0 Å². The van der Waals surface area contributed by atoms with Gasteiger partial charge < -0.3 is 17.3 Å². The summed E-state index contributed by atoms with van der Waals surface area (Å²) in [4.78, 5) is 4.29. The highest BCUT2D eigenvalue weighted by molar-refractivity contribution is 6.50. The molecule has 0 bridgehead atoms. The number of halogens is 4. The van der Waals surface area contributed by atoms with Crippen LogP contribution in [0.25, 0.3) is 0 Å². The van der Waals surface area contributed by atoms with Gasteiger partial charge >= 0.3 is 7.25 Å². The highest BCUT2D eigenvalue weighted by Crippen LogP contribution is 2.13. The number of hydrogen-bond donors (Lipinski definition) is 0. The van der Waals surface area contributed by atoms with E-state index in [2.05, 4.69) is 32.2 Å². The first kappa shape index (κ1) is 14.2. The van der Waals surface area contributed by atoms with Crippen LogP contribution in [0.15, 0.2) is 17.4 Å². The highest BCUT2D eigenvalue weighted by Gasteiger charge is 2.23. The maximum absolute atomic E-state index is 9.75. The number of aliphatic imine (C=N–C) groups is 1. The molecular formula is C8H15BF4N2.